The van der Waals surface area contributed by atoms with Gasteiger partial charge in [-0.05, 0) is 45.5 Å². The summed E-state index contributed by atoms with van der Waals surface area (Å²) in [6.45, 7) is 0. The highest BCUT2D eigenvalue weighted by molar-refractivity contribution is 6.31. The first-order valence-electron chi connectivity index (χ1n) is 13.4. The monoisotopic (exact) mass is 537 g/mol. The molecule has 1 aromatic heterocycles. The van der Waals surface area contributed by atoms with E-state index in [4.69, 9.17) is 11.6 Å². The molecule has 3 heteroatoms. The quantitative estimate of drug-likeness (QED) is 0.199. The van der Waals surface area contributed by atoms with E-state index in [0.717, 1.165) is 39.1 Å². The molecule has 0 aliphatic rings. The summed E-state index contributed by atoms with van der Waals surface area (Å²) in [5.74, 6) is -0.222. The van der Waals surface area contributed by atoms with Crippen LogP contribution >= 0.6 is 11.6 Å². The van der Waals surface area contributed by atoms with Crippen molar-refractivity contribution in [1.82, 2.24) is 4.57 Å². The van der Waals surface area contributed by atoms with Crippen molar-refractivity contribution in [2.45, 2.75) is 12.0 Å². The molecule has 0 radical (unpaired) electrons. The third-order valence-corrected chi connectivity index (χ3v) is 7.72. The van der Waals surface area contributed by atoms with Gasteiger partial charge >= 0.3 is 0 Å². The average molecular weight is 538 g/mol. The van der Waals surface area contributed by atoms with Gasteiger partial charge in [0, 0.05) is 17.0 Å². The molecule has 6 rings (SSSR count). The first-order valence-corrected chi connectivity index (χ1v) is 13.8. The highest BCUT2D eigenvalue weighted by atomic mass is 35.5. The Hall–Kier alpha value is -4.66. The number of aromatic nitrogens is 1. The summed E-state index contributed by atoms with van der Waals surface area (Å²) < 4.78 is 1.96. The molecule has 2 nitrogen and oxygen atoms in total. The highest BCUT2D eigenvalue weighted by Gasteiger charge is 2.32. The maximum Gasteiger partial charge on any atom is 0.252 e. The fraction of sp³-hybridized carbons (Fsp3) is 0.0541. The van der Waals surface area contributed by atoms with Crippen LogP contribution in [0.4, 0.5) is 0 Å². The molecule has 40 heavy (non-hydrogen) atoms. The van der Waals surface area contributed by atoms with E-state index in [1.807, 2.05) is 108 Å². The molecular weight excluding hydrogens is 510 g/mol. The molecule has 0 saturated heterocycles. The van der Waals surface area contributed by atoms with E-state index in [2.05, 4.69) is 48.5 Å². The molecule has 0 fully saturated rings. The van der Waals surface area contributed by atoms with E-state index in [1.165, 1.54) is 0 Å². The van der Waals surface area contributed by atoms with Gasteiger partial charge in [0.15, 0.2) is 0 Å². The zero-order chi connectivity index (χ0) is 27.3. The van der Waals surface area contributed by atoms with Crippen molar-refractivity contribution in [2.24, 2.45) is 0 Å². The van der Waals surface area contributed by atoms with Crippen LogP contribution in [-0.4, -0.2) is 4.57 Å². The van der Waals surface area contributed by atoms with Gasteiger partial charge in [0.05, 0.1) is 11.7 Å². The van der Waals surface area contributed by atoms with Crippen LogP contribution in [0.5, 0.6) is 0 Å². The fourth-order valence-corrected chi connectivity index (χ4v) is 5.81. The van der Waals surface area contributed by atoms with Crippen molar-refractivity contribution in [3.05, 3.63) is 190 Å². The molecule has 0 amide bonds. The molecule has 2 unspecified atom stereocenters. The molecule has 0 aliphatic heterocycles. The van der Waals surface area contributed by atoms with Gasteiger partial charge in [-0.25, -0.2) is 0 Å². The van der Waals surface area contributed by atoms with E-state index < -0.39 is 0 Å². The van der Waals surface area contributed by atoms with Crippen LogP contribution in [0.15, 0.2) is 163 Å². The normalized spacial score (nSPS) is 12.5. The fourth-order valence-electron chi connectivity index (χ4n) is 5.56. The topological polar surface area (TPSA) is 22.0 Å². The second kappa shape index (κ2) is 11.6. The zero-order valence-corrected chi connectivity index (χ0v) is 22.7. The third kappa shape index (κ3) is 5.14. The Kier molecular flexibility index (Phi) is 7.43. The van der Waals surface area contributed by atoms with Gasteiger partial charge in [-0.3, -0.25) is 9.36 Å². The van der Waals surface area contributed by atoms with Gasteiger partial charge in [0.25, 0.3) is 5.56 Å². The second-order valence-corrected chi connectivity index (χ2v) is 10.2. The van der Waals surface area contributed by atoms with Crippen molar-refractivity contribution in [2.75, 3.05) is 0 Å². The zero-order valence-electron chi connectivity index (χ0n) is 21.9. The summed E-state index contributed by atoms with van der Waals surface area (Å²) in [5, 5.41) is 0.674. The van der Waals surface area contributed by atoms with Crippen LogP contribution in [0.2, 0.25) is 5.02 Å². The minimum absolute atomic E-state index is 0.0676. The van der Waals surface area contributed by atoms with Gasteiger partial charge < -0.3 is 0 Å². The van der Waals surface area contributed by atoms with Gasteiger partial charge in [0.1, 0.15) is 0 Å². The van der Waals surface area contributed by atoms with E-state index >= 15 is 0 Å². The predicted octanol–water partition coefficient (Wildman–Crippen LogP) is 9.26. The Morgan fingerprint density at radius 1 is 0.500 bits per heavy atom. The SMILES string of the molecule is O=c1cc(-c2ccccc2)cc(-c2ccccc2)n1C(c1ccccc1)C(c1ccccc1)c1ccccc1Cl. The lowest BCUT2D eigenvalue weighted by Gasteiger charge is -2.33. The summed E-state index contributed by atoms with van der Waals surface area (Å²) in [4.78, 5) is 14.4. The van der Waals surface area contributed by atoms with Crippen LogP contribution < -0.4 is 5.56 Å². The molecule has 0 spiro atoms. The van der Waals surface area contributed by atoms with Crippen LogP contribution in [0.25, 0.3) is 22.4 Å². The lowest BCUT2D eigenvalue weighted by molar-refractivity contribution is 0.512. The molecule has 0 bridgehead atoms. The van der Waals surface area contributed by atoms with Crippen molar-refractivity contribution >= 4 is 11.6 Å². The minimum atomic E-state index is -0.365. The summed E-state index contributed by atoms with van der Waals surface area (Å²) in [5.41, 5.74) is 6.75. The minimum Gasteiger partial charge on any atom is -0.300 e. The molecule has 0 N–H and O–H groups in total. The standard InChI is InChI=1S/C37H28ClNO/c38-33-24-14-13-23-32(33)36(29-19-9-3-10-20-29)37(30-21-11-4-12-22-30)39-34(28-17-7-2-8-18-28)25-31(26-35(39)40)27-15-5-1-6-16-27/h1-26,36-37H. The first-order chi connectivity index (χ1) is 19.7. The number of nitrogens with zero attached hydrogens (tertiary/aromatic N) is 1. The summed E-state index contributed by atoms with van der Waals surface area (Å²) in [6.07, 6.45) is 0. The van der Waals surface area contributed by atoms with Gasteiger partial charge in [-0.1, -0.05) is 151 Å². The van der Waals surface area contributed by atoms with Crippen molar-refractivity contribution in [3.63, 3.8) is 0 Å². The molecule has 1 heterocycles. The van der Waals surface area contributed by atoms with Gasteiger partial charge in [0.2, 0.25) is 0 Å². The molecule has 194 valence electrons. The Morgan fingerprint density at radius 3 is 1.60 bits per heavy atom. The molecule has 0 saturated carbocycles. The van der Waals surface area contributed by atoms with Crippen molar-refractivity contribution < 1.29 is 0 Å². The number of pyridine rings is 1. The Morgan fingerprint density at radius 2 is 1.00 bits per heavy atom. The van der Waals surface area contributed by atoms with Crippen LogP contribution in [0.1, 0.15) is 28.7 Å². The number of hydrogen-bond donors (Lipinski definition) is 0. The predicted molar refractivity (Wildman–Crippen MR) is 166 cm³/mol. The van der Waals surface area contributed by atoms with E-state index in [-0.39, 0.29) is 17.5 Å². The maximum atomic E-state index is 14.4. The largest absolute Gasteiger partial charge is 0.300 e. The third-order valence-electron chi connectivity index (χ3n) is 7.38. The molecule has 2 atom stereocenters. The maximum absolute atomic E-state index is 14.4. The molecule has 6 aromatic rings. The molecular formula is C37H28ClNO. The lowest BCUT2D eigenvalue weighted by atomic mass is 9.81. The summed E-state index contributed by atoms with van der Waals surface area (Å²) >= 11 is 6.90. The number of rotatable bonds is 7. The Bertz CT molecular complexity index is 1760. The van der Waals surface area contributed by atoms with Crippen LogP contribution in [-0.2, 0) is 0 Å². The van der Waals surface area contributed by atoms with Crippen molar-refractivity contribution in [3.8, 4) is 22.4 Å². The van der Waals surface area contributed by atoms with Crippen molar-refractivity contribution in [1.29, 1.82) is 0 Å². The van der Waals surface area contributed by atoms with E-state index in [0.29, 0.717) is 5.02 Å². The van der Waals surface area contributed by atoms with Gasteiger partial charge in [-0.2, -0.15) is 0 Å². The summed E-state index contributed by atoms with van der Waals surface area (Å²) in [6, 6.07) is 52.3. The van der Waals surface area contributed by atoms with Crippen LogP contribution in [0.3, 0.4) is 0 Å². The second-order valence-electron chi connectivity index (χ2n) is 9.83. The summed E-state index contributed by atoms with van der Waals surface area (Å²) in [7, 11) is 0. The molecule has 0 aliphatic carbocycles. The van der Waals surface area contributed by atoms with Crippen LogP contribution in [0, 0.1) is 0 Å². The number of benzene rings is 5. The van der Waals surface area contributed by atoms with E-state index in [1.54, 1.807) is 6.07 Å². The number of halogens is 1. The smallest absolute Gasteiger partial charge is 0.252 e. The Balaban J connectivity index is 1.69. The van der Waals surface area contributed by atoms with Gasteiger partial charge in [-0.15, -0.1) is 0 Å². The number of hydrogen-bond acceptors (Lipinski definition) is 1. The Labute approximate surface area is 239 Å². The average Bonchev–Trinajstić information content (AvgIpc) is 3.02. The highest BCUT2D eigenvalue weighted by Crippen LogP contribution is 2.43. The first kappa shape index (κ1) is 25.6. The molecule has 5 aromatic carbocycles. The van der Waals surface area contributed by atoms with E-state index in [9.17, 15) is 4.79 Å². The lowest BCUT2D eigenvalue weighted by Crippen LogP contribution is -2.31.